The third-order valence-electron chi connectivity index (χ3n) is 3.04. The van der Waals surface area contributed by atoms with Gasteiger partial charge in [0.1, 0.15) is 0 Å². The molecular formula is C15H15N5. The fourth-order valence-electron chi connectivity index (χ4n) is 1.96. The number of aromatic nitrogens is 3. The van der Waals surface area contributed by atoms with Crippen molar-refractivity contribution in [2.45, 2.75) is 0 Å². The van der Waals surface area contributed by atoms with Gasteiger partial charge in [-0.2, -0.15) is 4.98 Å². The Hall–Kier alpha value is -2.82. The number of nitrogens with one attached hydrogen (secondary N) is 1. The summed E-state index contributed by atoms with van der Waals surface area (Å²) in [4.78, 5) is 4.10. The van der Waals surface area contributed by atoms with E-state index in [1.807, 2.05) is 30.3 Å². The molecule has 100 valence electrons. The molecular weight excluding hydrogens is 250 g/mol. The predicted octanol–water partition coefficient (Wildman–Crippen LogP) is 2.81. The lowest BCUT2D eigenvalue weighted by Gasteiger charge is -2.04. The van der Waals surface area contributed by atoms with Gasteiger partial charge >= 0.3 is 0 Å². The lowest BCUT2D eigenvalue weighted by molar-refractivity contribution is 0.781. The van der Waals surface area contributed by atoms with Gasteiger partial charge in [0.25, 0.3) is 0 Å². The molecule has 2 aromatic carbocycles. The number of nitrogens with zero attached hydrogens (tertiary/aromatic N) is 3. The number of nitrogen functional groups attached to an aromatic ring is 1. The molecule has 0 aliphatic rings. The molecule has 20 heavy (non-hydrogen) atoms. The minimum absolute atomic E-state index is 0.383. The molecule has 3 aromatic rings. The molecule has 0 unspecified atom stereocenters. The van der Waals surface area contributed by atoms with E-state index < -0.39 is 0 Å². The third kappa shape index (κ3) is 2.47. The topological polar surface area (TPSA) is 68.8 Å². The molecule has 1 aromatic heterocycles. The number of benzene rings is 2. The van der Waals surface area contributed by atoms with Crippen molar-refractivity contribution in [3.63, 3.8) is 0 Å². The van der Waals surface area contributed by atoms with E-state index in [-0.39, 0.29) is 0 Å². The van der Waals surface area contributed by atoms with E-state index in [9.17, 15) is 0 Å². The lowest BCUT2D eigenvalue weighted by Crippen LogP contribution is -1.97. The molecule has 0 aliphatic heterocycles. The Morgan fingerprint density at radius 3 is 2.20 bits per heavy atom. The first-order valence-electron chi connectivity index (χ1n) is 6.31. The van der Waals surface area contributed by atoms with Crippen LogP contribution in [0.15, 0.2) is 54.6 Å². The predicted molar refractivity (Wildman–Crippen MR) is 80.6 cm³/mol. The molecule has 0 bridgehead atoms. The highest BCUT2D eigenvalue weighted by Crippen LogP contribution is 2.22. The summed E-state index contributed by atoms with van der Waals surface area (Å²) < 4.78 is 1.53. The van der Waals surface area contributed by atoms with Gasteiger partial charge in [-0.05, 0) is 23.3 Å². The fourth-order valence-corrected chi connectivity index (χ4v) is 1.96. The van der Waals surface area contributed by atoms with Gasteiger partial charge in [-0.15, -0.1) is 5.10 Å². The van der Waals surface area contributed by atoms with E-state index >= 15 is 0 Å². The van der Waals surface area contributed by atoms with Crippen molar-refractivity contribution >= 4 is 17.6 Å². The van der Waals surface area contributed by atoms with Gasteiger partial charge in [-0.3, -0.25) is 0 Å². The first kappa shape index (κ1) is 12.2. The van der Waals surface area contributed by atoms with Crippen molar-refractivity contribution in [1.29, 1.82) is 0 Å². The van der Waals surface area contributed by atoms with E-state index in [0.717, 1.165) is 5.69 Å². The summed E-state index contributed by atoms with van der Waals surface area (Å²) in [6, 6.07) is 18.4. The van der Waals surface area contributed by atoms with Crippen LogP contribution < -0.4 is 11.1 Å². The average molecular weight is 265 g/mol. The first-order valence-corrected chi connectivity index (χ1v) is 6.31. The molecule has 0 fully saturated rings. The van der Waals surface area contributed by atoms with E-state index in [2.05, 4.69) is 39.7 Å². The van der Waals surface area contributed by atoms with E-state index in [0.29, 0.717) is 11.9 Å². The van der Waals surface area contributed by atoms with Crippen molar-refractivity contribution in [1.82, 2.24) is 14.8 Å². The van der Waals surface area contributed by atoms with Crippen LogP contribution in [0.25, 0.3) is 11.1 Å². The van der Waals surface area contributed by atoms with Crippen molar-refractivity contribution < 1.29 is 0 Å². The number of rotatable bonds is 3. The number of hydrogen-bond acceptors (Lipinski definition) is 4. The number of aryl methyl sites for hydroxylation is 1. The second kappa shape index (κ2) is 5.05. The van der Waals surface area contributed by atoms with Crippen LogP contribution in [0.3, 0.4) is 0 Å². The molecule has 5 nitrogen and oxygen atoms in total. The molecule has 0 amide bonds. The van der Waals surface area contributed by atoms with Gasteiger partial charge in [0.15, 0.2) is 0 Å². The molecule has 0 saturated carbocycles. The largest absolute Gasteiger partial charge is 0.368 e. The molecule has 0 atom stereocenters. The van der Waals surface area contributed by atoms with Gasteiger partial charge in [0.2, 0.25) is 11.9 Å². The smallest absolute Gasteiger partial charge is 0.248 e. The molecule has 0 saturated heterocycles. The quantitative estimate of drug-likeness (QED) is 0.764. The monoisotopic (exact) mass is 265 g/mol. The van der Waals surface area contributed by atoms with Crippen molar-refractivity contribution in [2.75, 3.05) is 11.1 Å². The molecule has 5 heteroatoms. The maximum absolute atomic E-state index is 5.64. The molecule has 1 heterocycles. The van der Waals surface area contributed by atoms with E-state index in [4.69, 9.17) is 5.73 Å². The van der Waals surface area contributed by atoms with E-state index in [1.165, 1.54) is 15.8 Å². The normalized spacial score (nSPS) is 10.4. The second-order valence-electron chi connectivity index (χ2n) is 4.49. The van der Waals surface area contributed by atoms with Crippen LogP contribution >= 0.6 is 0 Å². The Kier molecular flexibility index (Phi) is 3.09. The highest BCUT2D eigenvalue weighted by molar-refractivity contribution is 5.67. The number of nitrogens with two attached hydrogens (primary N) is 1. The zero-order valence-electron chi connectivity index (χ0n) is 11.1. The maximum Gasteiger partial charge on any atom is 0.248 e. The maximum atomic E-state index is 5.64. The Morgan fingerprint density at radius 2 is 1.60 bits per heavy atom. The van der Waals surface area contributed by atoms with Crippen LogP contribution in [0.2, 0.25) is 0 Å². The summed E-state index contributed by atoms with van der Waals surface area (Å²) in [6.45, 7) is 0. The third-order valence-corrected chi connectivity index (χ3v) is 3.04. The summed E-state index contributed by atoms with van der Waals surface area (Å²) >= 11 is 0. The van der Waals surface area contributed by atoms with Crippen molar-refractivity contribution in [3.05, 3.63) is 54.6 Å². The minimum atomic E-state index is 0.383. The Morgan fingerprint density at radius 1 is 0.950 bits per heavy atom. The van der Waals surface area contributed by atoms with Crippen LogP contribution in [0.5, 0.6) is 0 Å². The standard InChI is InChI=1S/C15H15N5/c1-20-14(16)18-15(19-20)17-13-9-7-12(8-10-13)11-5-3-2-4-6-11/h2-10H,1H3,(H3,16,17,18,19). The summed E-state index contributed by atoms with van der Waals surface area (Å²) in [5, 5.41) is 7.28. The highest BCUT2D eigenvalue weighted by Gasteiger charge is 2.04. The van der Waals surface area contributed by atoms with Crippen LogP contribution in [0.1, 0.15) is 0 Å². The first-order chi connectivity index (χ1) is 9.72. The number of hydrogen-bond donors (Lipinski definition) is 2. The Bertz CT molecular complexity index is 681. The SMILES string of the molecule is Cn1nc(Nc2ccc(-c3ccccc3)cc2)nc1N. The van der Waals surface area contributed by atoms with Crippen LogP contribution in [-0.4, -0.2) is 14.8 Å². The molecule has 0 aliphatic carbocycles. The highest BCUT2D eigenvalue weighted by atomic mass is 15.4. The number of anilines is 3. The molecule has 3 N–H and O–H groups in total. The molecule has 0 radical (unpaired) electrons. The lowest BCUT2D eigenvalue weighted by atomic mass is 10.1. The summed E-state index contributed by atoms with van der Waals surface area (Å²) in [7, 11) is 1.76. The fraction of sp³-hybridized carbons (Fsp3) is 0.0667. The van der Waals surface area contributed by atoms with Gasteiger partial charge < -0.3 is 11.1 Å². The van der Waals surface area contributed by atoms with Gasteiger partial charge in [0, 0.05) is 12.7 Å². The average Bonchev–Trinajstić information content (AvgIpc) is 2.79. The van der Waals surface area contributed by atoms with Crippen LogP contribution in [-0.2, 0) is 7.05 Å². The summed E-state index contributed by atoms with van der Waals surface area (Å²) in [6.07, 6.45) is 0. The minimum Gasteiger partial charge on any atom is -0.368 e. The van der Waals surface area contributed by atoms with Gasteiger partial charge in [0.05, 0.1) is 0 Å². The zero-order valence-corrected chi connectivity index (χ0v) is 11.1. The van der Waals surface area contributed by atoms with Crippen LogP contribution in [0, 0.1) is 0 Å². The zero-order chi connectivity index (χ0) is 13.9. The molecule has 0 spiro atoms. The Labute approximate surface area is 117 Å². The van der Waals surface area contributed by atoms with E-state index in [1.54, 1.807) is 7.05 Å². The summed E-state index contributed by atoms with van der Waals surface area (Å²) in [5.74, 6) is 0.880. The van der Waals surface area contributed by atoms with Crippen molar-refractivity contribution in [2.24, 2.45) is 7.05 Å². The van der Waals surface area contributed by atoms with Gasteiger partial charge in [-0.1, -0.05) is 42.5 Å². The van der Waals surface area contributed by atoms with Gasteiger partial charge in [-0.25, -0.2) is 4.68 Å². The molecule has 3 rings (SSSR count). The summed E-state index contributed by atoms with van der Waals surface area (Å²) in [5.41, 5.74) is 8.93. The second-order valence-corrected chi connectivity index (χ2v) is 4.49. The van der Waals surface area contributed by atoms with Crippen molar-refractivity contribution in [3.8, 4) is 11.1 Å². The van der Waals surface area contributed by atoms with Crippen LogP contribution in [0.4, 0.5) is 17.6 Å². The Balaban J connectivity index is 1.80.